The fourth-order valence-corrected chi connectivity index (χ4v) is 3.63. The van der Waals surface area contributed by atoms with Crippen molar-refractivity contribution in [3.05, 3.63) is 29.7 Å². The van der Waals surface area contributed by atoms with E-state index < -0.39 is 5.60 Å². The number of likely N-dealkylation sites (tertiary alicyclic amines) is 1. The van der Waals surface area contributed by atoms with E-state index in [0.717, 1.165) is 37.1 Å². The summed E-state index contributed by atoms with van der Waals surface area (Å²) in [4.78, 5) is 22.8. The molecule has 166 valence electrons. The molecule has 2 aromatic rings. The largest absolute Gasteiger partial charge is 0.444 e. The summed E-state index contributed by atoms with van der Waals surface area (Å²) in [6.45, 7) is 8.61. The second-order valence-corrected chi connectivity index (χ2v) is 9.14. The van der Waals surface area contributed by atoms with Crippen LogP contribution in [-0.2, 0) is 4.74 Å². The Balaban J connectivity index is 1.34. The topological polar surface area (TPSA) is 119 Å². The molecule has 0 radical (unpaired) electrons. The third-order valence-electron chi connectivity index (χ3n) is 5.41. The van der Waals surface area contributed by atoms with Crippen LogP contribution in [-0.4, -0.2) is 65.2 Å². The number of nitrogens with two attached hydrogens (primary N) is 1. The van der Waals surface area contributed by atoms with Crippen molar-refractivity contribution in [1.29, 1.82) is 0 Å². The minimum Gasteiger partial charge on any atom is -0.444 e. The van der Waals surface area contributed by atoms with E-state index in [-0.39, 0.29) is 12.1 Å². The van der Waals surface area contributed by atoms with Crippen LogP contribution in [0.5, 0.6) is 0 Å². The van der Waals surface area contributed by atoms with Gasteiger partial charge in [0.25, 0.3) is 0 Å². The van der Waals surface area contributed by atoms with E-state index in [1.54, 1.807) is 11.1 Å². The van der Waals surface area contributed by atoms with Crippen LogP contribution in [0, 0.1) is 0 Å². The van der Waals surface area contributed by atoms with E-state index >= 15 is 0 Å². The lowest BCUT2D eigenvalue weighted by molar-refractivity contribution is 0.00911. The maximum absolute atomic E-state index is 12.0. The van der Waals surface area contributed by atoms with Crippen LogP contribution < -0.4 is 11.1 Å². The van der Waals surface area contributed by atoms with Gasteiger partial charge < -0.3 is 25.2 Å². The van der Waals surface area contributed by atoms with Crippen molar-refractivity contribution >= 4 is 18.0 Å². The Morgan fingerprint density at radius 2 is 2.06 bits per heavy atom. The zero-order valence-corrected chi connectivity index (χ0v) is 18.3. The average Bonchev–Trinajstić information content (AvgIpc) is 3.17. The second kappa shape index (κ2) is 8.66. The van der Waals surface area contributed by atoms with E-state index in [1.807, 2.05) is 39.0 Å². The number of nitrogen functional groups attached to an aromatic ring is 1. The molecule has 2 fully saturated rings. The first-order chi connectivity index (χ1) is 14.8. The van der Waals surface area contributed by atoms with Crippen LogP contribution in [0.25, 0.3) is 11.4 Å². The molecule has 0 spiro atoms. The van der Waals surface area contributed by atoms with Gasteiger partial charge in [-0.1, -0.05) is 17.3 Å². The van der Waals surface area contributed by atoms with Gasteiger partial charge in [0.1, 0.15) is 5.60 Å². The van der Waals surface area contributed by atoms with Crippen molar-refractivity contribution in [2.75, 3.05) is 31.9 Å². The molecular weight excluding hydrogens is 396 g/mol. The molecule has 31 heavy (non-hydrogen) atoms. The van der Waals surface area contributed by atoms with Crippen molar-refractivity contribution in [2.45, 2.75) is 51.2 Å². The Bertz CT molecular complexity index is 952. The summed E-state index contributed by atoms with van der Waals surface area (Å²) in [7, 11) is 0. The number of amides is 1. The molecule has 1 amide bonds. The molecule has 9 nitrogen and oxygen atoms in total. The number of hydrogen-bond donors (Lipinski definition) is 2. The Hall–Kier alpha value is -2.94. The van der Waals surface area contributed by atoms with Crippen LogP contribution in [0.4, 0.5) is 10.5 Å². The number of carbonyl (C=O) groups excluding carboxylic acids is 1. The van der Waals surface area contributed by atoms with Crippen molar-refractivity contribution in [2.24, 2.45) is 4.99 Å². The number of piperidine rings is 1. The molecule has 9 heteroatoms. The molecule has 0 aliphatic carbocycles. The number of ether oxygens (including phenoxy) is 1. The van der Waals surface area contributed by atoms with Gasteiger partial charge in [0.15, 0.2) is 0 Å². The summed E-state index contributed by atoms with van der Waals surface area (Å²) in [5, 5.41) is 7.47. The third kappa shape index (κ3) is 5.22. The Morgan fingerprint density at radius 1 is 1.32 bits per heavy atom. The first-order valence-electron chi connectivity index (χ1n) is 10.7. The second-order valence-electron chi connectivity index (χ2n) is 9.14. The first kappa shape index (κ1) is 21.3. The number of rotatable bonds is 4. The molecule has 2 saturated heterocycles. The van der Waals surface area contributed by atoms with Gasteiger partial charge in [-0.25, -0.2) is 4.79 Å². The summed E-state index contributed by atoms with van der Waals surface area (Å²) in [5.41, 5.74) is 7.97. The number of anilines is 1. The molecule has 3 heterocycles. The molecule has 3 N–H and O–H groups in total. The molecule has 0 saturated carbocycles. The van der Waals surface area contributed by atoms with Gasteiger partial charge in [0, 0.05) is 42.0 Å². The van der Waals surface area contributed by atoms with Gasteiger partial charge in [-0.2, -0.15) is 4.98 Å². The smallest absolute Gasteiger partial charge is 0.410 e. The number of aromatic nitrogens is 2. The van der Waals surface area contributed by atoms with Gasteiger partial charge >= 0.3 is 6.09 Å². The van der Waals surface area contributed by atoms with Crippen LogP contribution in [0.3, 0.4) is 0 Å². The summed E-state index contributed by atoms with van der Waals surface area (Å²) in [6, 6.07) is 5.71. The average molecular weight is 427 g/mol. The molecule has 1 aromatic heterocycles. The Morgan fingerprint density at radius 3 is 2.74 bits per heavy atom. The molecule has 0 atom stereocenters. The molecule has 2 aliphatic heterocycles. The van der Waals surface area contributed by atoms with E-state index in [4.69, 9.17) is 15.0 Å². The van der Waals surface area contributed by atoms with Gasteiger partial charge in [-0.05, 0) is 52.8 Å². The summed E-state index contributed by atoms with van der Waals surface area (Å²) >= 11 is 0. The third-order valence-corrected chi connectivity index (χ3v) is 5.41. The Labute approximate surface area is 182 Å². The lowest BCUT2D eigenvalue weighted by Crippen LogP contribution is -2.54. The zero-order valence-electron chi connectivity index (χ0n) is 18.3. The minimum absolute atomic E-state index is 0.0522. The molecule has 2 aliphatic rings. The van der Waals surface area contributed by atoms with Crippen LogP contribution >= 0.6 is 0 Å². The quantitative estimate of drug-likeness (QED) is 0.570. The van der Waals surface area contributed by atoms with E-state index in [0.29, 0.717) is 36.4 Å². The van der Waals surface area contributed by atoms with Gasteiger partial charge in [0.05, 0.1) is 6.04 Å². The van der Waals surface area contributed by atoms with Gasteiger partial charge in [-0.15, -0.1) is 0 Å². The lowest BCUT2D eigenvalue weighted by Gasteiger charge is -2.37. The summed E-state index contributed by atoms with van der Waals surface area (Å²) < 4.78 is 10.9. The van der Waals surface area contributed by atoms with Crippen LogP contribution in [0.15, 0.2) is 27.7 Å². The zero-order chi connectivity index (χ0) is 22.0. The highest BCUT2D eigenvalue weighted by molar-refractivity contribution is 5.88. The highest BCUT2D eigenvalue weighted by Gasteiger charge is 2.33. The number of nitrogens with zero attached hydrogens (tertiary/aromatic N) is 4. The number of aliphatic imine (C=N–C) groups is 1. The molecular formula is C22H30N6O3. The number of hydrogen-bond acceptors (Lipinski definition) is 8. The molecule has 4 rings (SSSR count). The maximum Gasteiger partial charge on any atom is 0.410 e. The van der Waals surface area contributed by atoms with Gasteiger partial charge in [0.2, 0.25) is 11.7 Å². The predicted octanol–water partition coefficient (Wildman–Crippen LogP) is 2.82. The SMILES string of the molecule is CC(C)(C)OC(=O)N1CC(N=Cc2ccc(-c3noc(C4CCNCC4)n3)cc2N)C1. The fourth-order valence-electron chi connectivity index (χ4n) is 3.63. The molecule has 0 bridgehead atoms. The van der Waals surface area contributed by atoms with Crippen LogP contribution in [0.2, 0.25) is 0 Å². The van der Waals surface area contributed by atoms with Crippen molar-refractivity contribution in [3.63, 3.8) is 0 Å². The monoisotopic (exact) mass is 426 g/mol. The fraction of sp³-hybridized carbons (Fsp3) is 0.545. The Kier molecular flexibility index (Phi) is 5.95. The van der Waals surface area contributed by atoms with E-state index in [9.17, 15) is 4.79 Å². The highest BCUT2D eigenvalue weighted by atomic mass is 16.6. The molecule has 1 aromatic carbocycles. The van der Waals surface area contributed by atoms with Crippen LogP contribution in [0.1, 0.15) is 51.0 Å². The highest BCUT2D eigenvalue weighted by Crippen LogP contribution is 2.27. The van der Waals surface area contributed by atoms with Gasteiger partial charge in [-0.3, -0.25) is 4.99 Å². The predicted molar refractivity (Wildman–Crippen MR) is 118 cm³/mol. The van der Waals surface area contributed by atoms with Crippen molar-refractivity contribution < 1.29 is 14.1 Å². The van der Waals surface area contributed by atoms with Crippen molar-refractivity contribution in [3.8, 4) is 11.4 Å². The first-order valence-corrected chi connectivity index (χ1v) is 10.7. The number of benzene rings is 1. The maximum atomic E-state index is 12.0. The normalized spacial score (nSPS) is 18.4. The summed E-state index contributed by atoms with van der Waals surface area (Å²) in [5.74, 6) is 1.56. The molecule has 0 unspecified atom stereocenters. The van der Waals surface area contributed by atoms with E-state index in [1.165, 1.54) is 0 Å². The number of carbonyl (C=O) groups is 1. The number of nitrogens with one attached hydrogen (secondary N) is 1. The minimum atomic E-state index is -0.491. The lowest BCUT2D eigenvalue weighted by atomic mass is 9.98. The van der Waals surface area contributed by atoms with E-state index in [2.05, 4.69) is 20.4 Å². The van der Waals surface area contributed by atoms with Crippen molar-refractivity contribution in [1.82, 2.24) is 20.4 Å². The standard InChI is InChI=1S/C22H30N6O3/c1-22(2,3)30-21(29)28-12-17(13-28)25-11-16-5-4-15(10-18(16)23)19-26-20(31-27-19)14-6-8-24-9-7-14/h4-5,10-11,14,17,24H,6-9,12-13,23H2,1-3H3. The summed E-state index contributed by atoms with van der Waals surface area (Å²) in [6.07, 6.45) is 3.47.